The second-order valence-electron chi connectivity index (χ2n) is 7.75. The number of nitrogens with one attached hydrogen (secondary N) is 1. The quantitative estimate of drug-likeness (QED) is 0.762. The maximum absolute atomic E-state index is 13.6. The number of sulfonamides is 1. The van der Waals surface area contributed by atoms with Crippen molar-refractivity contribution in [1.82, 2.24) is 23.9 Å². The molecule has 0 bridgehead atoms. The lowest BCUT2D eigenvalue weighted by atomic mass is 10.0. The molecule has 8 nitrogen and oxygen atoms in total. The third kappa shape index (κ3) is 3.59. The van der Waals surface area contributed by atoms with E-state index in [2.05, 4.69) is 15.5 Å². The number of rotatable bonds is 5. The Bertz CT molecular complexity index is 1020. The molecule has 2 aromatic rings. The molecule has 4 rings (SSSR count). The number of aryl methyl sites for hydroxylation is 1. The Hall–Kier alpha value is -2.08. The van der Waals surface area contributed by atoms with Crippen molar-refractivity contribution < 1.29 is 21.6 Å². The van der Waals surface area contributed by atoms with Gasteiger partial charge in [0.2, 0.25) is 10.0 Å². The van der Waals surface area contributed by atoms with Crippen LogP contribution in [0.2, 0.25) is 0 Å². The minimum Gasteiger partial charge on any atom is -0.367 e. The molecule has 0 aliphatic carbocycles. The van der Waals surface area contributed by atoms with E-state index >= 15 is 0 Å². The van der Waals surface area contributed by atoms with Crippen molar-refractivity contribution in [2.75, 3.05) is 11.9 Å². The molecular weight excluding hydrogens is 421 g/mol. The van der Waals surface area contributed by atoms with Crippen LogP contribution in [-0.2, 0) is 16.6 Å². The Morgan fingerprint density at radius 1 is 1.30 bits per heavy atom. The Labute approximate surface area is 173 Å². The average molecular weight is 446 g/mol. The molecule has 1 N–H and O–H groups in total. The zero-order valence-electron chi connectivity index (χ0n) is 16.8. The van der Waals surface area contributed by atoms with Crippen LogP contribution >= 0.6 is 0 Å². The maximum atomic E-state index is 13.6. The molecule has 30 heavy (non-hydrogen) atoms. The van der Waals surface area contributed by atoms with Crippen LogP contribution in [0.4, 0.5) is 19.0 Å². The van der Waals surface area contributed by atoms with Gasteiger partial charge in [-0.15, -0.1) is 0 Å². The number of halogens is 3. The average Bonchev–Trinajstić information content (AvgIpc) is 3.44. The monoisotopic (exact) mass is 446 g/mol. The molecule has 0 radical (unpaired) electrons. The molecule has 3 atom stereocenters. The fraction of sp³-hybridized carbons (Fsp3) is 0.667. The smallest absolute Gasteiger partial charge is 0.367 e. The molecule has 3 unspecified atom stereocenters. The molecule has 0 aromatic carbocycles. The zero-order valence-corrected chi connectivity index (χ0v) is 17.6. The summed E-state index contributed by atoms with van der Waals surface area (Å²) in [7, 11) is -3.83. The molecule has 12 heteroatoms. The van der Waals surface area contributed by atoms with E-state index in [0.717, 1.165) is 4.68 Å². The predicted molar refractivity (Wildman–Crippen MR) is 103 cm³/mol. The van der Waals surface area contributed by atoms with Crippen molar-refractivity contribution in [3.05, 3.63) is 24.2 Å². The summed E-state index contributed by atoms with van der Waals surface area (Å²) >= 11 is 0. The number of alkyl halides is 3. The van der Waals surface area contributed by atoms with E-state index in [9.17, 15) is 21.6 Å². The Kier molecular flexibility index (Phi) is 5.33. The van der Waals surface area contributed by atoms with E-state index in [4.69, 9.17) is 0 Å². The van der Waals surface area contributed by atoms with Crippen LogP contribution in [0.25, 0.3) is 0 Å². The molecule has 166 valence electrons. The van der Waals surface area contributed by atoms with E-state index in [0.29, 0.717) is 38.0 Å². The van der Waals surface area contributed by atoms with Gasteiger partial charge in [0, 0.05) is 31.4 Å². The van der Waals surface area contributed by atoms with Crippen molar-refractivity contribution in [2.45, 2.75) is 75.3 Å². The van der Waals surface area contributed by atoms with Crippen molar-refractivity contribution in [1.29, 1.82) is 0 Å². The topological polar surface area (TPSA) is 85.1 Å². The van der Waals surface area contributed by atoms with E-state index < -0.39 is 28.3 Å². The molecular formula is C18H25F3N6O2S. The highest BCUT2D eigenvalue weighted by Crippen LogP contribution is 2.43. The highest BCUT2D eigenvalue weighted by atomic mass is 32.2. The maximum Gasteiger partial charge on any atom is 0.410 e. The predicted octanol–water partition coefficient (Wildman–Crippen LogP) is 3.32. The molecule has 2 aromatic heterocycles. The molecule has 1 fully saturated rings. The minimum atomic E-state index is -4.43. The Morgan fingerprint density at radius 3 is 2.70 bits per heavy atom. The summed E-state index contributed by atoms with van der Waals surface area (Å²) in [6.07, 6.45) is -0.0815. The normalized spacial score (nSPS) is 25.3. The summed E-state index contributed by atoms with van der Waals surface area (Å²) in [6.45, 7) is 4.52. The summed E-state index contributed by atoms with van der Waals surface area (Å²) in [6, 6.07) is -1.07. The first-order chi connectivity index (χ1) is 14.1. The number of nitrogens with zero attached hydrogens (tertiary/aromatic N) is 5. The lowest BCUT2D eigenvalue weighted by Crippen LogP contribution is -2.39. The van der Waals surface area contributed by atoms with E-state index in [-0.39, 0.29) is 23.2 Å². The van der Waals surface area contributed by atoms with Gasteiger partial charge in [-0.3, -0.25) is 4.68 Å². The van der Waals surface area contributed by atoms with Gasteiger partial charge < -0.3 is 5.32 Å². The lowest BCUT2D eigenvalue weighted by molar-refractivity contribution is -0.173. The van der Waals surface area contributed by atoms with E-state index in [1.54, 1.807) is 6.07 Å². The lowest BCUT2D eigenvalue weighted by Gasteiger charge is -2.32. The van der Waals surface area contributed by atoms with Crippen molar-refractivity contribution in [3.8, 4) is 0 Å². The summed E-state index contributed by atoms with van der Waals surface area (Å²) < 4.78 is 71.0. The van der Waals surface area contributed by atoms with Gasteiger partial charge >= 0.3 is 6.18 Å². The Morgan fingerprint density at radius 2 is 2.07 bits per heavy atom. The number of hydrogen-bond donors (Lipinski definition) is 1. The van der Waals surface area contributed by atoms with Gasteiger partial charge in [-0.25, -0.2) is 13.1 Å². The van der Waals surface area contributed by atoms with Crippen LogP contribution in [0.1, 0.15) is 57.3 Å². The summed E-state index contributed by atoms with van der Waals surface area (Å²) in [5.74, 6) is 0.286. The fourth-order valence-corrected chi connectivity index (χ4v) is 5.83. The first-order valence-corrected chi connectivity index (χ1v) is 11.6. The highest BCUT2D eigenvalue weighted by molar-refractivity contribution is 7.89. The van der Waals surface area contributed by atoms with E-state index in [1.165, 1.54) is 21.4 Å². The minimum absolute atomic E-state index is 0.0811. The summed E-state index contributed by atoms with van der Waals surface area (Å²) in [5.41, 5.74) is 0.340. The first kappa shape index (κ1) is 21.2. The number of hydrogen-bond acceptors (Lipinski definition) is 5. The summed E-state index contributed by atoms with van der Waals surface area (Å²) in [4.78, 5) is 0.0811. The third-order valence-corrected chi connectivity index (χ3v) is 7.73. The van der Waals surface area contributed by atoms with Crippen molar-refractivity contribution >= 4 is 15.8 Å². The molecule has 1 saturated heterocycles. The number of anilines is 1. The molecule has 2 aliphatic rings. The molecule has 0 spiro atoms. The van der Waals surface area contributed by atoms with Gasteiger partial charge in [-0.1, -0.05) is 6.92 Å². The van der Waals surface area contributed by atoms with Crippen LogP contribution < -0.4 is 5.32 Å². The van der Waals surface area contributed by atoms with Crippen LogP contribution in [0.15, 0.2) is 23.4 Å². The van der Waals surface area contributed by atoms with Crippen LogP contribution in [-0.4, -0.2) is 51.0 Å². The van der Waals surface area contributed by atoms with Gasteiger partial charge in [0.05, 0.1) is 17.9 Å². The summed E-state index contributed by atoms with van der Waals surface area (Å²) in [5, 5.41) is 11.4. The largest absolute Gasteiger partial charge is 0.410 e. The van der Waals surface area contributed by atoms with Gasteiger partial charge in [0.15, 0.2) is 6.04 Å². The number of fused-ring (bicyclic) bond motifs is 1. The van der Waals surface area contributed by atoms with Crippen molar-refractivity contribution in [2.24, 2.45) is 0 Å². The third-order valence-electron chi connectivity index (χ3n) is 5.87. The number of aromatic nitrogens is 4. The standard InChI is InChI=1S/C18H25F3N6O2S/c1-3-12-8-16(18(19,20)21)27-17(23-12)9-14(24-27)15-6-5-7-26(15)30(28,29)13-10-22-25(4-2)11-13/h9-12,15-16,23H,3-8H2,1-2H3. The SMILES string of the molecule is CCC1CC(C(F)(F)F)n2nc(C3CCCN3S(=O)(=O)c3cnn(CC)c3)cc2N1. The molecule has 0 amide bonds. The molecule has 4 heterocycles. The van der Waals surface area contributed by atoms with Crippen LogP contribution in [0.3, 0.4) is 0 Å². The zero-order chi connectivity index (χ0) is 21.7. The van der Waals surface area contributed by atoms with Gasteiger partial charge in [0.1, 0.15) is 10.7 Å². The molecule has 0 saturated carbocycles. The van der Waals surface area contributed by atoms with Crippen LogP contribution in [0.5, 0.6) is 0 Å². The Balaban J connectivity index is 1.68. The second-order valence-corrected chi connectivity index (χ2v) is 9.64. The molecule has 2 aliphatic heterocycles. The second kappa shape index (κ2) is 7.56. The van der Waals surface area contributed by atoms with Gasteiger partial charge in [-0.05, 0) is 32.6 Å². The first-order valence-electron chi connectivity index (χ1n) is 10.1. The van der Waals surface area contributed by atoms with E-state index in [1.807, 2.05) is 13.8 Å². The van der Waals surface area contributed by atoms with Crippen molar-refractivity contribution in [3.63, 3.8) is 0 Å². The van der Waals surface area contributed by atoms with Crippen LogP contribution in [0, 0.1) is 0 Å². The van der Waals surface area contributed by atoms with Gasteiger partial charge in [0.25, 0.3) is 0 Å². The fourth-order valence-electron chi connectivity index (χ4n) is 4.21. The van der Waals surface area contributed by atoms with Gasteiger partial charge in [-0.2, -0.15) is 27.7 Å². The highest BCUT2D eigenvalue weighted by Gasteiger charge is 2.47.